The molecule has 5 nitrogen and oxygen atoms in total. The van der Waals surface area contributed by atoms with Crippen molar-refractivity contribution in [3.63, 3.8) is 0 Å². The Morgan fingerprint density at radius 2 is 2.06 bits per heavy atom. The Morgan fingerprint density at radius 1 is 1.47 bits per heavy atom. The molecule has 1 aromatic rings. The van der Waals surface area contributed by atoms with E-state index in [2.05, 4.69) is 0 Å². The molecule has 0 amide bonds. The summed E-state index contributed by atoms with van der Waals surface area (Å²) >= 11 is 0. The summed E-state index contributed by atoms with van der Waals surface area (Å²) < 4.78 is 38.1. The van der Waals surface area contributed by atoms with Gasteiger partial charge in [0.25, 0.3) is 0 Å². The fourth-order valence-corrected chi connectivity index (χ4v) is 2.67. The molecule has 1 aromatic carbocycles. The van der Waals surface area contributed by atoms with Crippen molar-refractivity contribution in [2.45, 2.75) is 17.9 Å². The largest absolute Gasteiger partial charge is 0.399 e. The number of hydrogen-bond donors (Lipinski definition) is 2. The lowest BCUT2D eigenvalue weighted by Gasteiger charge is -2.22. The van der Waals surface area contributed by atoms with Crippen LogP contribution in [-0.4, -0.2) is 37.5 Å². The number of hydrogen-bond acceptors (Lipinski definition) is 4. The van der Waals surface area contributed by atoms with Crippen molar-refractivity contribution < 1.29 is 17.9 Å². The van der Waals surface area contributed by atoms with Gasteiger partial charge in [-0.2, -0.15) is 4.31 Å². The number of aliphatic hydroxyl groups excluding tert-OH is 1. The van der Waals surface area contributed by atoms with Gasteiger partial charge in [-0.15, -0.1) is 0 Å². The highest BCUT2D eigenvalue weighted by atomic mass is 32.2. The summed E-state index contributed by atoms with van der Waals surface area (Å²) in [6, 6.07) is 2.52. The molecule has 0 bridgehead atoms. The number of benzene rings is 1. The van der Waals surface area contributed by atoms with Crippen LogP contribution < -0.4 is 5.73 Å². The van der Waals surface area contributed by atoms with E-state index < -0.39 is 21.9 Å². The van der Waals surface area contributed by atoms with Gasteiger partial charge in [-0.25, -0.2) is 12.8 Å². The number of aliphatic hydroxyl groups is 1. The van der Waals surface area contributed by atoms with Crippen molar-refractivity contribution in [1.29, 1.82) is 0 Å². The Morgan fingerprint density at radius 3 is 2.53 bits per heavy atom. The number of nitrogens with zero attached hydrogens (tertiary/aromatic N) is 1. The minimum absolute atomic E-state index is 0.0358. The smallest absolute Gasteiger partial charge is 0.243 e. The van der Waals surface area contributed by atoms with Gasteiger partial charge in [0, 0.05) is 18.8 Å². The predicted molar refractivity (Wildman–Crippen MR) is 62.3 cm³/mol. The maximum Gasteiger partial charge on any atom is 0.243 e. The molecule has 17 heavy (non-hydrogen) atoms. The highest BCUT2D eigenvalue weighted by Gasteiger charge is 2.25. The van der Waals surface area contributed by atoms with Gasteiger partial charge in [0.15, 0.2) is 0 Å². The van der Waals surface area contributed by atoms with Crippen LogP contribution in [0.3, 0.4) is 0 Å². The summed E-state index contributed by atoms with van der Waals surface area (Å²) in [5, 5.41) is 8.92. The molecule has 1 atom stereocenters. The lowest BCUT2D eigenvalue weighted by atomic mass is 10.3. The summed E-state index contributed by atoms with van der Waals surface area (Å²) in [6.45, 7) is 1.22. The number of rotatable bonds is 4. The zero-order valence-electron chi connectivity index (χ0n) is 9.59. The van der Waals surface area contributed by atoms with E-state index in [1.807, 2.05) is 0 Å². The summed E-state index contributed by atoms with van der Waals surface area (Å²) in [5.41, 5.74) is 5.43. The molecule has 1 unspecified atom stereocenters. The van der Waals surface area contributed by atoms with Crippen LogP contribution in [0.2, 0.25) is 0 Å². The lowest BCUT2D eigenvalue weighted by Crippen LogP contribution is -2.37. The van der Waals surface area contributed by atoms with E-state index in [1.54, 1.807) is 6.92 Å². The normalized spacial score (nSPS) is 13.9. The first-order chi connectivity index (χ1) is 7.78. The SMILES string of the molecule is CC(CO)N(C)S(=O)(=O)c1cc(N)cc(F)c1. The van der Waals surface area contributed by atoms with Crippen LogP contribution in [0.15, 0.2) is 23.1 Å². The van der Waals surface area contributed by atoms with Gasteiger partial charge in [0.1, 0.15) is 5.82 Å². The Labute approximate surface area is 99.7 Å². The summed E-state index contributed by atoms with van der Waals surface area (Å²) in [5.74, 6) is -0.714. The quantitative estimate of drug-likeness (QED) is 0.770. The monoisotopic (exact) mass is 262 g/mol. The Balaban J connectivity index is 3.22. The molecule has 0 fully saturated rings. The first kappa shape index (κ1) is 13.9. The van der Waals surface area contributed by atoms with Crippen molar-refractivity contribution in [2.24, 2.45) is 0 Å². The number of halogens is 1. The zero-order chi connectivity index (χ0) is 13.2. The molecule has 0 saturated carbocycles. The molecule has 0 aliphatic heterocycles. The van der Waals surface area contributed by atoms with Crippen LogP contribution in [0.1, 0.15) is 6.92 Å². The second kappa shape index (κ2) is 4.99. The van der Waals surface area contributed by atoms with Crippen molar-refractivity contribution in [3.05, 3.63) is 24.0 Å². The van der Waals surface area contributed by atoms with Gasteiger partial charge < -0.3 is 10.8 Å². The molecule has 0 aliphatic carbocycles. The van der Waals surface area contributed by atoms with Crippen molar-refractivity contribution in [3.8, 4) is 0 Å². The van der Waals surface area contributed by atoms with Crippen LogP contribution in [0, 0.1) is 5.82 Å². The Kier molecular flexibility index (Phi) is 4.07. The minimum Gasteiger partial charge on any atom is -0.399 e. The van der Waals surface area contributed by atoms with Gasteiger partial charge in [0.05, 0.1) is 11.5 Å². The first-order valence-electron chi connectivity index (χ1n) is 4.94. The third kappa shape index (κ3) is 2.93. The van der Waals surface area contributed by atoms with Gasteiger partial charge in [-0.05, 0) is 25.1 Å². The van der Waals surface area contributed by atoms with E-state index in [-0.39, 0.29) is 17.2 Å². The van der Waals surface area contributed by atoms with Crippen LogP contribution in [-0.2, 0) is 10.0 Å². The maximum absolute atomic E-state index is 13.1. The maximum atomic E-state index is 13.1. The van der Waals surface area contributed by atoms with Crippen molar-refractivity contribution in [2.75, 3.05) is 19.4 Å². The highest BCUT2D eigenvalue weighted by Crippen LogP contribution is 2.20. The molecule has 96 valence electrons. The number of anilines is 1. The van der Waals surface area contributed by atoms with Gasteiger partial charge in [-0.1, -0.05) is 0 Å². The molecule has 3 N–H and O–H groups in total. The number of nitrogen functional groups attached to an aromatic ring is 1. The van der Waals surface area contributed by atoms with Crippen LogP contribution in [0.25, 0.3) is 0 Å². The molecule has 7 heteroatoms. The third-order valence-electron chi connectivity index (χ3n) is 2.46. The van der Waals surface area contributed by atoms with Crippen molar-refractivity contribution in [1.82, 2.24) is 4.31 Å². The zero-order valence-corrected chi connectivity index (χ0v) is 10.4. The molecule has 0 spiro atoms. The summed E-state index contributed by atoms with van der Waals surface area (Å²) in [6.07, 6.45) is 0. The third-order valence-corrected chi connectivity index (χ3v) is 4.41. The van der Waals surface area contributed by atoms with Gasteiger partial charge in [-0.3, -0.25) is 0 Å². The highest BCUT2D eigenvalue weighted by molar-refractivity contribution is 7.89. The molecule has 0 saturated heterocycles. The fourth-order valence-electron chi connectivity index (χ4n) is 1.25. The second-order valence-corrected chi connectivity index (χ2v) is 5.77. The molecular weight excluding hydrogens is 247 g/mol. The summed E-state index contributed by atoms with van der Waals surface area (Å²) in [7, 11) is -2.53. The lowest BCUT2D eigenvalue weighted by molar-refractivity contribution is 0.214. The van der Waals surface area contributed by atoms with Gasteiger partial charge >= 0.3 is 0 Å². The standard InChI is InChI=1S/C10H15FN2O3S/c1-7(6-14)13(2)17(15,16)10-4-8(11)3-9(12)5-10/h3-5,7,14H,6,12H2,1-2H3. The number of likely N-dealkylation sites (N-methyl/N-ethyl adjacent to an activating group) is 1. The topological polar surface area (TPSA) is 83.6 Å². The summed E-state index contributed by atoms with van der Waals surface area (Å²) in [4.78, 5) is -0.224. The van der Waals surface area contributed by atoms with E-state index in [9.17, 15) is 12.8 Å². The molecule has 0 radical (unpaired) electrons. The van der Waals surface area contributed by atoms with E-state index in [0.29, 0.717) is 0 Å². The molecule has 0 aromatic heterocycles. The first-order valence-corrected chi connectivity index (χ1v) is 6.38. The van der Waals surface area contributed by atoms with Crippen molar-refractivity contribution >= 4 is 15.7 Å². The molecule has 0 heterocycles. The van der Waals surface area contributed by atoms with E-state index in [1.165, 1.54) is 13.1 Å². The Bertz CT molecular complexity index is 484. The van der Waals surface area contributed by atoms with E-state index >= 15 is 0 Å². The molecule has 1 rings (SSSR count). The average Bonchev–Trinajstić information content (AvgIpc) is 2.25. The van der Waals surface area contributed by atoms with Crippen LogP contribution in [0.5, 0.6) is 0 Å². The predicted octanol–water partition coefficient (Wildman–Crippen LogP) is 0.409. The van der Waals surface area contributed by atoms with E-state index in [4.69, 9.17) is 10.8 Å². The molecular formula is C10H15FN2O3S. The number of nitrogens with two attached hydrogens (primary N) is 1. The Hall–Kier alpha value is -1.18. The second-order valence-electron chi connectivity index (χ2n) is 3.77. The number of sulfonamides is 1. The van der Waals surface area contributed by atoms with Crippen LogP contribution >= 0.6 is 0 Å². The average molecular weight is 262 g/mol. The van der Waals surface area contributed by atoms with E-state index in [0.717, 1.165) is 16.4 Å². The molecule has 0 aliphatic rings. The van der Waals surface area contributed by atoms with Gasteiger partial charge in [0.2, 0.25) is 10.0 Å². The minimum atomic E-state index is -3.84. The van der Waals surface area contributed by atoms with Crippen LogP contribution in [0.4, 0.5) is 10.1 Å². The fraction of sp³-hybridized carbons (Fsp3) is 0.400.